The van der Waals surface area contributed by atoms with Crippen molar-refractivity contribution in [3.63, 3.8) is 0 Å². The summed E-state index contributed by atoms with van der Waals surface area (Å²) in [7, 11) is 0. The van der Waals surface area contributed by atoms with Gasteiger partial charge in [-0.1, -0.05) is 177 Å². The quantitative estimate of drug-likeness (QED) is 0.103. The number of benzene rings is 7. The molecule has 2 aliphatic carbocycles. The van der Waals surface area contributed by atoms with Gasteiger partial charge in [-0.3, -0.25) is 0 Å². The Kier molecular flexibility index (Phi) is 11.2. The largest absolute Gasteiger partial charge is 0.233 e. The molecule has 0 bridgehead atoms. The van der Waals surface area contributed by atoms with Crippen LogP contribution in [0.4, 0.5) is 0 Å². The zero-order valence-corrected chi connectivity index (χ0v) is 36.9. The monoisotopic (exact) mass is 842 g/mol. The van der Waals surface area contributed by atoms with Crippen molar-refractivity contribution in [3.05, 3.63) is 240 Å². The van der Waals surface area contributed by atoms with Crippen LogP contribution in [0.25, 0.3) is 53.8 Å². The van der Waals surface area contributed by atoms with E-state index in [0.29, 0.717) is 17.2 Å². The predicted octanol–water partition coefficient (Wildman–Crippen LogP) is 15.4. The molecule has 8 aromatic rings. The SMILES string of the molecule is C=C(/N=C(\N=C(/C)c1cccc2c1sc1ccc(-c3ccc4c(c3)-c3c(cccc3C(=C)/N=C(\N=C(/C)c3ccccc3)c3ccccc3)C4)cc12)C1=CC=CCC1)c1ccccc1. The van der Waals surface area contributed by atoms with Gasteiger partial charge < -0.3 is 0 Å². The third-order valence-corrected chi connectivity index (χ3v) is 13.3. The summed E-state index contributed by atoms with van der Waals surface area (Å²) in [4.78, 5) is 20.5. The number of aliphatic imine (C=N–C) groups is 4. The molecular weight excluding hydrogens is 797 g/mol. The van der Waals surface area contributed by atoms with E-state index in [9.17, 15) is 0 Å². The molecule has 10 rings (SSSR count). The van der Waals surface area contributed by atoms with Gasteiger partial charge in [-0.15, -0.1) is 11.3 Å². The maximum absolute atomic E-state index is 5.24. The molecule has 64 heavy (non-hydrogen) atoms. The molecule has 7 aromatic carbocycles. The summed E-state index contributed by atoms with van der Waals surface area (Å²) in [6, 6.07) is 57.4. The van der Waals surface area contributed by atoms with Crippen LogP contribution in [-0.2, 0) is 6.42 Å². The molecule has 308 valence electrons. The molecule has 0 atom stereocenters. The maximum Gasteiger partial charge on any atom is 0.160 e. The van der Waals surface area contributed by atoms with E-state index >= 15 is 0 Å². The Hall–Kier alpha value is -7.60. The van der Waals surface area contributed by atoms with Crippen molar-refractivity contribution in [1.82, 2.24) is 0 Å². The zero-order valence-electron chi connectivity index (χ0n) is 36.1. The first-order valence-electron chi connectivity index (χ1n) is 21.8. The van der Waals surface area contributed by atoms with Crippen molar-refractivity contribution in [2.24, 2.45) is 20.0 Å². The standard InChI is InChI=1S/C59H46N4S/c1-38(42-19-9-5-10-20-42)60-58(44-23-13-7-14-24-44)62-40(3)50-28-17-27-49-35-48-32-31-46(36-53(48)56(49)50)47-33-34-55-54(37-47)52-30-18-29-51(57(52)64-55)41(4)63-59(45-25-15-8-16-26-45)61-39(2)43-21-11-6-12-22-43/h5-15,17-25,27-34,36-37H,2-3,16,26,35H2,1,4H3/b60-38+,61-59-,62-58-,63-41+. The lowest BCUT2D eigenvalue weighted by Crippen LogP contribution is -2.07. The summed E-state index contributed by atoms with van der Waals surface area (Å²) >= 11 is 1.82. The van der Waals surface area contributed by atoms with Gasteiger partial charge >= 0.3 is 0 Å². The van der Waals surface area contributed by atoms with Crippen molar-refractivity contribution in [3.8, 4) is 22.3 Å². The molecule has 0 radical (unpaired) electrons. The van der Waals surface area contributed by atoms with Crippen LogP contribution < -0.4 is 0 Å². The van der Waals surface area contributed by atoms with Crippen LogP contribution >= 0.6 is 11.3 Å². The molecule has 1 heterocycles. The molecule has 1 aromatic heterocycles. The van der Waals surface area contributed by atoms with Gasteiger partial charge in [0.2, 0.25) is 0 Å². The summed E-state index contributed by atoms with van der Waals surface area (Å²) in [6.45, 7) is 13.0. The molecule has 0 saturated carbocycles. The molecule has 0 saturated heterocycles. The van der Waals surface area contributed by atoms with Crippen LogP contribution in [-0.4, -0.2) is 23.1 Å². The van der Waals surface area contributed by atoms with Crippen LogP contribution in [0.15, 0.2) is 221 Å². The topological polar surface area (TPSA) is 49.4 Å². The number of allylic oxidation sites excluding steroid dienone is 3. The number of amidine groups is 2. The van der Waals surface area contributed by atoms with Gasteiger partial charge in [-0.25, -0.2) is 20.0 Å². The van der Waals surface area contributed by atoms with Gasteiger partial charge in [0.25, 0.3) is 0 Å². The molecule has 2 aliphatic rings. The molecule has 5 heteroatoms. The van der Waals surface area contributed by atoms with Crippen molar-refractivity contribution in [2.75, 3.05) is 0 Å². The van der Waals surface area contributed by atoms with Crippen LogP contribution in [0.5, 0.6) is 0 Å². The molecule has 4 nitrogen and oxygen atoms in total. The van der Waals surface area contributed by atoms with E-state index in [4.69, 9.17) is 20.0 Å². The van der Waals surface area contributed by atoms with Crippen LogP contribution in [0.1, 0.15) is 65.6 Å². The Morgan fingerprint density at radius 1 is 0.531 bits per heavy atom. The Morgan fingerprint density at radius 2 is 1.19 bits per heavy atom. The second-order valence-electron chi connectivity index (χ2n) is 16.3. The van der Waals surface area contributed by atoms with E-state index < -0.39 is 0 Å². The fraction of sp³-hybridized carbons (Fsp3) is 0.0847. The average Bonchev–Trinajstić information content (AvgIpc) is 3.92. The highest BCUT2D eigenvalue weighted by Gasteiger charge is 2.24. The van der Waals surface area contributed by atoms with Crippen LogP contribution in [0, 0.1) is 0 Å². The Bertz CT molecular complexity index is 3320. The molecule has 0 spiro atoms. The van der Waals surface area contributed by atoms with Gasteiger partial charge in [0.15, 0.2) is 11.7 Å². The summed E-state index contributed by atoms with van der Waals surface area (Å²) in [5.41, 5.74) is 16.8. The number of hydrogen-bond donors (Lipinski definition) is 0. The summed E-state index contributed by atoms with van der Waals surface area (Å²) < 4.78 is 2.47. The van der Waals surface area contributed by atoms with Gasteiger partial charge in [0.1, 0.15) is 0 Å². The normalized spacial score (nSPS) is 14.1. The maximum atomic E-state index is 5.24. The number of nitrogens with zero attached hydrogens (tertiary/aromatic N) is 4. The van der Waals surface area contributed by atoms with Gasteiger partial charge in [0.05, 0.1) is 11.4 Å². The zero-order chi connectivity index (χ0) is 43.6. The van der Waals surface area contributed by atoms with E-state index in [2.05, 4.69) is 135 Å². The highest BCUT2D eigenvalue weighted by atomic mass is 32.1. The second kappa shape index (κ2) is 17.6. The fourth-order valence-corrected chi connectivity index (χ4v) is 10.00. The highest BCUT2D eigenvalue weighted by Crippen LogP contribution is 2.44. The number of hydrogen-bond acceptors (Lipinski definition) is 3. The van der Waals surface area contributed by atoms with E-state index in [1.165, 1.54) is 53.6 Å². The third-order valence-electron chi connectivity index (χ3n) is 12.1. The summed E-state index contributed by atoms with van der Waals surface area (Å²) in [5, 5.41) is 2.46. The molecule has 0 amide bonds. The second-order valence-corrected chi connectivity index (χ2v) is 17.4. The first-order valence-corrected chi connectivity index (χ1v) is 22.6. The number of rotatable bonds is 9. The Balaban J connectivity index is 1.00. The van der Waals surface area contributed by atoms with E-state index in [0.717, 1.165) is 69.9 Å². The lowest BCUT2D eigenvalue weighted by Gasteiger charge is -2.12. The minimum absolute atomic E-state index is 0.638. The minimum Gasteiger partial charge on any atom is -0.233 e. The first-order chi connectivity index (χ1) is 31.4. The van der Waals surface area contributed by atoms with Crippen molar-refractivity contribution >= 4 is 66.0 Å². The minimum atomic E-state index is 0.638. The summed E-state index contributed by atoms with van der Waals surface area (Å²) in [5.74, 6) is 1.36. The number of thiophene rings is 1. The van der Waals surface area contributed by atoms with E-state index in [1.807, 2.05) is 85.0 Å². The lowest BCUT2D eigenvalue weighted by molar-refractivity contribution is 0.999. The van der Waals surface area contributed by atoms with Crippen LogP contribution in [0.2, 0.25) is 0 Å². The molecule has 0 unspecified atom stereocenters. The van der Waals surface area contributed by atoms with Gasteiger partial charge in [-0.05, 0) is 101 Å². The Morgan fingerprint density at radius 3 is 1.94 bits per heavy atom. The van der Waals surface area contributed by atoms with Crippen molar-refractivity contribution < 1.29 is 0 Å². The van der Waals surface area contributed by atoms with Crippen molar-refractivity contribution in [2.45, 2.75) is 33.1 Å². The molecular formula is C59H46N4S. The van der Waals surface area contributed by atoms with Crippen molar-refractivity contribution in [1.29, 1.82) is 0 Å². The fourth-order valence-electron chi connectivity index (χ4n) is 8.75. The predicted molar refractivity (Wildman–Crippen MR) is 275 cm³/mol. The van der Waals surface area contributed by atoms with Gasteiger partial charge in [-0.2, -0.15) is 0 Å². The molecule has 0 fully saturated rings. The average molecular weight is 843 g/mol. The number of fused-ring (bicyclic) bond motifs is 6. The Labute approximate surface area is 379 Å². The molecule has 0 aliphatic heterocycles. The summed E-state index contributed by atoms with van der Waals surface area (Å²) in [6.07, 6.45) is 9.15. The van der Waals surface area contributed by atoms with Gasteiger partial charge in [0, 0.05) is 48.3 Å². The lowest BCUT2D eigenvalue weighted by atomic mass is 9.94. The highest BCUT2D eigenvalue weighted by molar-refractivity contribution is 7.26. The third kappa shape index (κ3) is 8.10. The van der Waals surface area contributed by atoms with Crippen LogP contribution in [0.3, 0.4) is 0 Å². The smallest absolute Gasteiger partial charge is 0.160 e. The van der Waals surface area contributed by atoms with E-state index in [1.54, 1.807) is 0 Å². The van der Waals surface area contributed by atoms with E-state index in [-0.39, 0.29) is 0 Å². The first kappa shape index (κ1) is 40.5. The molecule has 0 N–H and O–H groups in total.